The summed E-state index contributed by atoms with van der Waals surface area (Å²) in [6.45, 7) is 0. The number of nitrogens with zero attached hydrogens (tertiary/aromatic N) is 2. The molecule has 0 bridgehead atoms. The Kier molecular flexibility index (Phi) is 4.13. The van der Waals surface area contributed by atoms with Gasteiger partial charge in [-0.1, -0.05) is 0 Å². The lowest BCUT2D eigenvalue weighted by Crippen LogP contribution is -2.28. The summed E-state index contributed by atoms with van der Waals surface area (Å²) >= 11 is 0. The number of hydrogen-bond acceptors (Lipinski definition) is 7. The average molecular weight is 258 g/mol. The van der Waals surface area contributed by atoms with Gasteiger partial charge < -0.3 is 20.1 Å². The van der Waals surface area contributed by atoms with Crippen molar-refractivity contribution in [2.24, 2.45) is 0 Å². The highest BCUT2D eigenvalue weighted by atomic mass is 16.6. The molecule has 0 spiro atoms. The SMILES string of the molecule is COc1ncc([N+](=O)[O-])cc1C(O)C(O)C(=O)O. The van der Waals surface area contributed by atoms with Crippen LogP contribution in [-0.2, 0) is 4.79 Å². The van der Waals surface area contributed by atoms with Crippen LogP contribution in [0, 0.1) is 10.1 Å². The minimum atomic E-state index is -2.14. The van der Waals surface area contributed by atoms with Gasteiger partial charge in [0.2, 0.25) is 5.88 Å². The predicted molar refractivity (Wildman–Crippen MR) is 56.0 cm³/mol. The molecule has 0 aromatic carbocycles. The van der Waals surface area contributed by atoms with Gasteiger partial charge in [0.25, 0.3) is 5.69 Å². The van der Waals surface area contributed by atoms with E-state index in [4.69, 9.17) is 9.84 Å². The maximum Gasteiger partial charge on any atom is 0.335 e. The minimum absolute atomic E-state index is 0.201. The lowest BCUT2D eigenvalue weighted by Gasteiger charge is -2.15. The van der Waals surface area contributed by atoms with Gasteiger partial charge in [-0.2, -0.15) is 0 Å². The standard InChI is InChI=1S/C9H10N2O7/c1-18-8-5(6(12)7(13)9(14)15)2-4(3-10-8)11(16)17/h2-3,6-7,12-13H,1H3,(H,14,15). The highest BCUT2D eigenvalue weighted by molar-refractivity contribution is 5.73. The van der Waals surface area contributed by atoms with Gasteiger partial charge in [0.05, 0.1) is 17.6 Å². The molecule has 0 amide bonds. The number of methoxy groups -OCH3 is 1. The Bertz CT molecular complexity index is 476. The van der Waals surface area contributed by atoms with Crippen LogP contribution in [0.1, 0.15) is 11.7 Å². The third kappa shape index (κ3) is 2.70. The Morgan fingerprint density at radius 1 is 1.56 bits per heavy atom. The lowest BCUT2D eigenvalue weighted by molar-refractivity contribution is -0.385. The van der Waals surface area contributed by atoms with E-state index in [1.807, 2.05) is 0 Å². The number of pyridine rings is 1. The first-order valence-electron chi connectivity index (χ1n) is 4.65. The highest BCUT2D eigenvalue weighted by Gasteiger charge is 2.29. The molecule has 0 aliphatic heterocycles. The van der Waals surface area contributed by atoms with E-state index in [2.05, 4.69) is 4.98 Å². The van der Waals surface area contributed by atoms with E-state index in [1.54, 1.807) is 0 Å². The van der Waals surface area contributed by atoms with Gasteiger partial charge in [0.15, 0.2) is 6.10 Å². The van der Waals surface area contributed by atoms with E-state index in [0.717, 1.165) is 12.3 Å². The number of carboxylic acid groups (broad SMARTS) is 1. The van der Waals surface area contributed by atoms with E-state index < -0.39 is 28.8 Å². The first-order chi connectivity index (χ1) is 8.38. The van der Waals surface area contributed by atoms with Crippen molar-refractivity contribution in [2.45, 2.75) is 12.2 Å². The number of aromatic nitrogens is 1. The number of aliphatic hydroxyl groups excluding tert-OH is 2. The Balaban J connectivity index is 3.23. The summed E-state index contributed by atoms with van der Waals surface area (Å²) < 4.78 is 4.73. The number of rotatable bonds is 5. The highest BCUT2D eigenvalue weighted by Crippen LogP contribution is 2.28. The van der Waals surface area contributed by atoms with Crippen LogP contribution in [0.25, 0.3) is 0 Å². The van der Waals surface area contributed by atoms with Gasteiger partial charge >= 0.3 is 5.97 Å². The molecule has 3 N–H and O–H groups in total. The fraction of sp³-hybridized carbons (Fsp3) is 0.333. The quantitative estimate of drug-likeness (QED) is 0.472. The van der Waals surface area contributed by atoms with Crippen molar-refractivity contribution >= 4 is 11.7 Å². The maximum atomic E-state index is 10.5. The normalized spacial score (nSPS) is 13.7. The first kappa shape index (κ1) is 13.8. The minimum Gasteiger partial charge on any atom is -0.481 e. The molecular weight excluding hydrogens is 248 g/mol. The molecular formula is C9H10N2O7. The summed E-state index contributed by atoms with van der Waals surface area (Å²) in [7, 11) is 1.19. The molecule has 0 aliphatic rings. The van der Waals surface area contributed by atoms with Gasteiger partial charge in [-0.15, -0.1) is 0 Å². The topological polar surface area (TPSA) is 143 Å². The summed E-state index contributed by atoms with van der Waals surface area (Å²) in [5.74, 6) is -1.87. The molecule has 98 valence electrons. The average Bonchev–Trinajstić information content (AvgIpc) is 2.35. The van der Waals surface area contributed by atoms with Gasteiger partial charge in [-0.25, -0.2) is 9.78 Å². The van der Waals surface area contributed by atoms with E-state index in [9.17, 15) is 25.1 Å². The molecule has 18 heavy (non-hydrogen) atoms. The second-order valence-corrected chi connectivity index (χ2v) is 3.28. The molecule has 0 aliphatic carbocycles. The molecule has 0 saturated carbocycles. The van der Waals surface area contributed by atoms with Gasteiger partial charge in [-0.3, -0.25) is 10.1 Å². The molecule has 9 nitrogen and oxygen atoms in total. The Morgan fingerprint density at radius 3 is 2.61 bits per heavy atom. The molecule has 1 aromatic rings. The Labute approximate surface area is 100 Å². The van der Waals surface area contributed by atoms with Crippen LogP contribution < -0.4 is 4.74 Å². The number of carbonyl (C=O) groups is 1. The fourth-order valence-corrected chi connectivity index (χ4v) is 1.25. The first-order valence-corrected chi connectivity index (χ1v) is 4.65. The molecule has 0 fully saturated rings. The number of hydrogen-bond donors (Lipinski definition) is 3. The molecule has 9 heteroatoms. The summed E-state index contributed by atoms with van der Waals surface area (Å²) in [4.78, 5) is 23.9. The van der Waals surface area contributed by atoms with Crippen LogP contribution in [0.4, 0.5) is 5.69 Å². The number of ether oxygens (including phenoxy) is 1. The Hall–Kier alpha value is -2.26. The third-order valence-corrected chi connectivity index (χ3v) is 2.14. The van der Waals surface area contributed by atoms with Crippen molar-refractivity contribution in [1.29, 1.82) is 0 Å². The van der Waals surface area contributed by atoms with E-state index in [0.29, 0.717) is 0 Å². The van der Waals surface area contributed by atoms with Crippen LogP contribution in [0.5, 0.6) is 5.88 Å². The predicted octanol–water partition coefficient (Wildman–Crippen LogP) is -0.523. The van der Waals surface area contributed by atoms with Crippen LogP contribution in [0.15, 0.2) is 12.3 Å². The van der Waals surface area contributed by atoms with Crippen molar-refractivity contribution in [3.63, 3.8) is 0 Å². The third-order valence-electron chi connectivity index (χ3n) is 2.14. The fourth-order valence-electron chi connectivity index (χ4n) is 1.25. The number of carboxylic acids is 1. The molecule has 2 unspecified atom stereocenters. The summed E-state index contributed by atoms with van der Waals surface area (Å²) in [6.07, 6.45) is -3.13. The van der Waals surface area contributed by atoms with Crippen molar-refractivity contribution in [1.82, 2.24) is 4.98 Å². The zero-order chi connectivity index (χ0) is 13.9. The number of aliphatic carboxylic acids is 1. The van der Waals surface area contributed by atoms with Crippen LogP contribution >= 0.6 is 0 Å². The smallest absolute Gasteiger partial charge is 0.335 e. The van der Waals surface area contributed by atoms with Crippen molar-refractivity contribution in [3.8, 4) is 5.88 Å². The Morgan fingerprint density at radius 2 is 2.17 bits per heavy atom. The summed E-state index contributed by atoms with van der Waals surface area (Å²) in [5.41, 5.74) is -0.732. The van der Waals surface area contributed by atoms with Crippen molar-refractivity contribution in [2.75, 3.05) is 7.11 Å². The van der Waals surface area contributed by atoms with Gasteiger partial charge in [-0.05, 0) is 0 Å². The summed E-state index contributed by atoms with van der Waals surface area (Å²) in [6, 6.07) is 0.892. The largest absolute Gasteiger partial charge is 0.481 e. The van der Waals surface area contributed by atoms with Crippen molar-refractivity contribution < 1.29 is 29.8 Å². The second kappa shape index (κ2) is 5.38. The molecule has 0 radical (unpaired) electrons. The number of aliphatic hydroxyl groups is 2. The maximum absolute atomic E-state index is 10.5. The zero-order valence-electron chi connectivity index (χ0n) is 9.18. The van der Waals surface area contributed by atoms with Gasteiger partial charge in [0, 0.05) is 6.07 Å². The summed E-state index contributed by atoms with van der Waals surface area (Å²) in [5, 5.41) is 37.9. The van der Waals surface area contributed by atoms with E-state index in [1.165, 1.54) is 7.11 Å². The van der Waals surface area contributed by atoms with Gasteiger partial charge in [0.1, 0.15) is 12.3 Å². The van der Waals surface area contributed by atoms with Crippen molar-refractivity contribution in [3.05, 3.63) is 27.9 Å². The zero-order valence-corrected chi connectivity index (χ0v) is 9.18. The van der Waals surface area contributed by atoms with Crippen LogP contribution in [-0.4, -0.2) is 44.4 Å². The molecule has 1 aromatic heterocycles. The molecule has 0 saturated heterocycles. The molecule has 1 heterocycles. The second-order valence-electron chi connectivity index (χ2n) is 3.28. The lowest BCUT2D eigenvalue weighted by atomic mass is 10.1. The molecule has 2 atom stereocenters. The molecule has 1 rings (SSSR count). The van der Waals surface area contributed by atoms with E-state index in [-0.39, 0.29) is 11.4 Å². The van der Waals surface area contributed by atoms with E-state index >= 15 is 0 Å². The van der Waals surface area contributed by atoms with Crippen LogP contribution in [0.3, 0.4) is 0 Å². The van der Waals surface area contributed by atoms with Crippen LogP contribution in [0.2, 0.25) is 0 Å². The monoisotopic (exact) mass is 258 g/mol. The number of nitro groups is 1.